The predicted octanol–water partition coefficient (Wildman–Crippen LogP) is 3.98. The Hall–Kier alpha value is -2.80. The zero-order valence-corrected chi connectivity index (χ0v) is 16.6. The minimum absolute atomic E-state index is 0.113. The van der Waals surface area contributed by atoms with Crippen LogP contribution >= 0.6 is 11.3 Å². The summed E-state index contributed by atoms with van der Waals surface area (Å²) in [6.07, 6.45) is 5.58. The number of para-hydroxylation sites is 1. The molecule has 0 aliphatic carbocycles. The lowest BCUT2D eigenvalue weighted by molar-refractivity contribution is -0.131. The number of aromatic nitrogens is 3. The lowest BCUT2D eigenvalue weighted by Gasteiger charge is -2.32. The van der Waals surface area contributed by atoms with Gasteiger partial charge in [0.15, 0.2) is 0 Å². The Morgan fingerprint density at radius 3 is 2.86 bits per heavy atom. The zero-order valence-electron chi connectivity index (χ0n) is 15.7. The predicted molar refractivity (Wildman–Crippen MR) is 108 cm³/mol. The van der Waals surface area contributed by atoms with Gasteiger partial charge < -0.3 is 9.64 Å². The maximum atomic E-state index is 12.8. The molecular weight excluding hydrogens is 372 g/mol. The van der Waals surface area contributed by atoms with Crippen molar-refractivity contribution in [3.05, 3.63) is 64.5 Å². The number of likely N-dealkylation sites (tertiary alicyclic amines) is 1. The van der Waals surface area contributed by atoms with Crippen molar-refractivity contribution in [3.63, 3.8) is 0 Å². The summed E-state index contributed by atoms with van der Waals surface area (Å²) in [5.41, 5.74) is 1.66. The fourth-order valence-electron chi connectivity index (χ4n) is 3.48. The number of thiazole rings is 1. The van der Waals surface area contributed by atoms with Crippen LogP contribution in [0.3, 0.4) is 0 Å². The van der Waals surface area contributed by atoms with Crippen molar-refractivity contribution in [1.29, 1.82) is 0 Å². The van der Waals surface area contributed by atoms with E-state index in [1.807, 2.05) is 47.5 Å². The van der Waals surface area contributed by atoms with Crippen molar-refractivity contribution < 1.29 is 9.53 Å². The van der Waals surface area contributed by atoms with E-state index >= 15 is 0 Å². The Morgan fingerprint density at radius 2 is 2.07 bits per heavy atom. The molecule has 4 rings (SSSR count). The molecular formula is C21H22N4O2S. The molecule has 1 aliphatic rings. The molecule has 144 valence electrons. The largest absolute Gasteiger partial charge is 0.437 e. The molecule has 0 bridgehead atoms. The van der Waals surface area contributed by atoms with Crippen LogP contribution in [0.4, 0.5) is 0 Å². The van der Waals surface area contributed by atoms with E-state index in [2.05, 4.69) is 15.0 Å². The van der Waals surface area contributed by atoms with Gasteiger partial charge in [-0.25, -0.2) is 9.97 Å². The van der Waals surface area contributed by atoms with Crippen molar-refractivity contribution in [2.45, 2.75) is 32.1 Å². The standard InChI is InChI=1S/C21H22N4O2S/c1-15-24-17(14-28-15)12-19(26)25-11-5-6-16(13-25)20-21(23-10-9-22-20)27-18-7-3-2-4-8-18/h2-4,7-10,14,16H,5-6,11-13H2,1H3. The second-order valence-corrected chi connectivity index (χ2v) is 7.94. The Bertz CT molecular complexity index is 944. The number of rotatable bonds is 5. The van der Waals surface area contributed by atoms with Crippen LogP contribution in [0.25, 0.3) is 0 Å². The first kappa shape index (κ1) is 18.6. The third-order valence-electron chi connectivity index (χ3n) is 4.81. The summed E-state index contributed by atoms with van der Waals surface area (Å²) in [6.45, 7) is 3.36. The molecule has 1 aliphatic heterocycles. The van der Waals surface area contributed by atoms with E-state index in [0.29, 0.717) is 18.8 Å². The number of hydrogen-bond acceptors (Lipinski definition) is 6. The van der Waals surface area contributed by atoms with Gasteiger partial charge >= 0.3 is 0 Å². The molecule has 28 heavy (non-hydrogen) atoms. The van der Waals surface area contributed by atoms with Gasteiger partial charge in [0.25, 0.3) is 0 Å². The van der Waals surface area contributed by atoms with Crippen LogP contribution in [0, 0.1) is 6.92 Å². The maximum Gasteiger partial charge on any atom is 0.241 e. The molecule has 0 radical (unpaired) electrons. The minimum Gasteiger partial charge on any atom is -0.437 e. The van der Waals surface area contributed by atoms with Crippen LogP contribution in [0.5, 0.6) is 11.6 Å². The van der Waals surface area contributed by atoms with Gasteiger partial charge in [0.05, 0.1) is 17.1 Å². The number of ether oxygens (including phenoxy) is 1. The molecule has 1 fully saturated rings. The number of nitrogens with zero attached hydrogens (tertiary/aromatic N) is 4. The first-order chi connectivity index (χ1) is 13.7. The first-order valence-electron chi connectivity index (χ1n) is 9.41. The van der Waals surface area contributed by atoms with Crippen LogP contribution in [0.15, 0.2) is 48.1 Å². The second kappa shape index (κ2) is 8.48. The average molecular weight is 395 g/mol. The molecule has 1 saturated heterocycles. The number of hydrogen-bond donors (Lipinski definition) is 0. The van der Waals surface area contributed by atoms with Crippen LogP contribution in [-0.2, 0) is 11.2 Å². The SMILES string of the molecule is Cc1nc(CC(=O)N2CCCC(c3nccnc3Oc3ccccc3)C2)cs1. The van der Waals surface area contributed by atoms with Gasteiger partial charge in [-0.05, 0) is 31.9 Å². The Kier molecular flexibility index (Phi) is 5.62. The van der Waals surface area contributed by atoms with E-state index in [1.165, 1.54) is 0 Å². The normalized spacial score (nSPS) is 16.8. The average Bonchev–Trinajstić information content (AvgIpc) is 3.14. The highest BCUT2D eigenvalue weighted by Crippen LogP contribution is 2.32. The molecule has 1 aromatic carbocycles. The second-order valence-electron chi connectivity index (χ2n) is 6.88. The smallest absolute Gasteiger partial charge is 0.241 e. The zero-order chi connectivity index (χ0) is 19.3. The van der Waals surface area contributed by atoms with E-state index in [-0.39, 0.29) is 11.8 Å². The van der Waals surface area contributed by atoms with Crippen molar-refractivity contribution in [1.82, 2.24) is 19.9 Å². The van der Waals surface area contributed by atoms with Gasteiger partial charge in [0.1, 0.15) is 11.4 Å². The van der Waals surface area contributed by atoms with Gasteiger partial charge in [0, 0.05) is 36.8 Å². The highest BCUT2D eigenvalue weighted by molar-refractivity contribution is 7.09. The Labute approximate surface area is 168 Å². The van der Waals surface area contributed by atoms with Gasteiger partial charge in [-0.3, -0.25) is 9.78 Å². The molecule has 1 amide bonds. The van der Waals surface area contributed by atoms with Crippen molar-refractivity contribution in [3.8, 4) is 11.6 Å². The monoisotopic (exact) mass is 394 g/mol. The third-order valence-corrected chi connectivity index (χ3v) is 5.63. The molecule has 0 spiro atoms. The maximum absolute atomic E-state index is 12.8. The molecule has 0 N–H and O–H groups in total. The molecule has 2 aromatic heterocycles. The first-order valence-corrected chi connectivity index (χ1v) is 10.3. The fourth-order valence-corrected chi connectivity index (χ4v) is 4.09. The molecule has 6 nitrogen and oxygen atoms in total. The molecule has 3 aromatic rings. The summed E-state index contributed by atoms with van der Waals surface area (Å²) in [4.78, 5) is 28.0. The highest BCUT2D eigenvalue weighted by Gasteiger charge is 2.28. The molecule has 0 saturated carbocycles. The summed E-state index contributed by atoms with van der Waals surface area (Å²) >= 11 is 1.58. The lowest BCUT2D eigenvalue weighted by Crippen LogP contribution is -2.40. The number of piperidine rings is 1. The lowest BCUT2D eigenvalue weighted by atomic mass is 9.94. The van der Waals surface area contributed by atoms with E-state index < -0.39 is 0 Å². The van der Waals surface area contributed by atoms with Crippen LogP contribution in [-0.4, -0.2) is 38.8 Å². The quantitative estimate of drug-likeness (QED) is 0.655. The third kappa shape index (κ3) is 4.36. The van der Waals surface area contributed by atoms with Crippen LogP contribution in [0.1, 0.15) is 35.2 Å². The van der Waals surface area contributed by atoms with Gasteiger partial charge in [-0.1, -0.05) is 18.2 Å². The van der Waals surface area contributed by atoms with Gasteiger partial charge in [-0.15, -0.1) is 11.3 Å². The fraction of sp³-hybridized carbons (Fsp3) is 0.333. The topological polar surface area (TPSA) is 68.2 Å². The summed E-state index contributed by atoms with van der Waals surface area (Å²) in [6, 6.07) is 9.58. The Balaban J connectivity index is 1.48. The van der Waals surface area contributed by atoms with Crippen molar-refractivity contribution in [2.75, 3.05) is 13.1 Å². The van der Waals surface area contributed by atoms with Gasteiger partial charge in [0.2, 0.25) is 11.8 Å². The molecule has 3 heterocycles. The van der Waals surface area contributed by atoms with E-state index in [0.717, 1.165) is 41.5 Å². The molecule has 1 atom stereocenters. The van der Waals surface area contributed by atoms with E-state index in [9.17, 15) is 4.79 Å². The summed E-state index contributed by atoms with van der Waals surface area (Å²) in [5, 5.41) is 2.95. The van der Waals surface area contributed by atoms with Crippen LogP contribution < -0.4 is 4.74 Å². The van der Waals surface area contributed by atoms with Crippen LogP contribution in [0.2, 0.25) is 0 Å². The molecule has 1 unspecified atom stereocenters. The van der Waals surface area contributed by atoms with Crippen molar-refractivity contribution in [2.24, 2.45) is 0 Å². The van der Waals surface area contributed by atoms with E-state index in [1.54, 1.807) is 23.7 Å². The summed E-state index contributed by atoms with van der Waals surface area (Å²) < 4.78 is 5.97. The number of aryl methyl sites for hydroxylation is 1. The number of amides is 1. The molecule has 7 heteroatoms. The van der Waals surface area contributed by atoms with E-state index in [4.69, 9.17) is 4.74 Å². The van der Waals surface area contributed by atoms with Gasteiger partial charge in [-0.2, -0.15) is 0 Å². The summed E-state index contributed by atoms with van der Waals surface area (Å²) in [7, 11) is 0. The van der Waals surface area contributed by atoms with Crippen molar-refractivity contribution >= 4 is 17.2 Å². The number of benzene rings is 1. The Morgan fingerprint density at radius 1 is 1.25 bits per heavy atom. The summed E-state index contributed by atoms with van der Waals surface area (Å²) in [5.74, 6) is 1.47. The minimum atomic E-state index is 0.113. The highest BCUT2D eigenvalue weighted by atomic mass is 32.1. The number of carbonyl (C=O) groups is 1. The number of carbonyl (C=O) groups excluding carboxylic acids is 1.